The lowest BCUT2D eigenvalue weighted by Crippen LogP contribution is -2.04. The number of rotatable bonds is 14. The fraction of sp³-hybridized carbons (Fsp3) is 0.0667. The molecule has 0 atom stereocenters. The third kappa shape index (κ3) is 10.5. The smallest absolute Gasteiger partial charge is 0.296 e. The van der Waals surface area contributed by atoms with E-state index in [-0.39, 0.29) is 72.3 Å². The molecule has 0 unspecified atom stereocenters. The van der Waals surface area contributed by atoms with Crippen LogP contribution in [0.5, 0.6) is 17.2 Å². The van der Waals surface area contributed by atoms with Gasteiger partial charge in [-0.2, -0.15) is 43.9 Å². The van der Waals surface area contributed by atoms with E-state index in [0.29, 0.717) is 17.3 Å². The first-order valence-electron chi connectivity index (χ1n) is 20.1. The standard InChI is InChI=1S/C45H35N7O15S4/c1-24-15-38(39(66-2)22-36(24)48-47-29-10-9-25-17-31(69(57,58)59)21-41(34(25)19-29)70(60,61)62)50-49-37-23-40(67-3)43(33-14-12-30(20-35(33)37)68(54,55)56)51-52-44-42(71(63,64)65)18-26-16-28(11-13-32(26)45(44)53)46-27-7-5-4-6-8-27/h4-23,46,53H,1-3H3,(H,54,55,56)(H,57,58,59)(H,60,61,62)(H,63,64,65). The first-order valence-corrected chi connectivity index (χ1v) is 25.9. The van der Waals surface area contributed by atoms with Crippen LogP contribution in [0, 0.1) is 6.92 Å². The molecule has 8 rings (SSSR count). The van der Waals surface area contributed by atoms with Crippen molar-refractivity contribution in [3.05, 3.63) is 127 Å². The highest BCUT2D eigenvalue weighted by Crippen LogP contribution is 2.47. The number of nitrogens with zero attached hydrogens (tertiary/aromatic N) is 6. The molecule has 6 N–H and O–H groups in total. The number of methoxy groups -OCH3 is 2. The van der Waals surface area contributed by atoms with Crippen molar-refractivity contribution in [2.75, 3.05) is 19.5 Å². The van der Waals surface area contributed by atoms with Crippen molar-refractivity contribution >= 4 is 118 Å². The molecule has 0 amide bonds. The highest BCUT2D eigenvalue weighted by molar-refractivity contribution is 7.87. The van der Waals surface area contributed by atoms with Crippen LogP contribution < -0.4 is 14.8 Å². The van der Waals surface area contributed by atoms with E-state index in [1.807, 2.05) is 30.3 Å². The number of ether oxygens (including phenoxy) is 2. The van der Waals surface area contributed by atoms with Crippen LogP contribution in [0.2, 0.25) is 0 Å². The van der Waals surface area contributed by atoms with Crippen LogP contribution in [0.4, 0.5) is 45.5 Å². The second-order valence-electron chi connectivity index (χ2n) is 15.3. The number of phenols is 1. The Balaban J connectivity index is 1.17. The normalized spacial score (nSPS) is 12.8. The Kier molecular flexibility index (Phi) is 13.2. The zero-order valence-corrected chi connectivity index (χ0v) is 39.9. The van der Waals surface area contributed by atoms with Crippen molar-refractivity contribution in [1.29, 1.82) is 0 Å². The Bertz CT molecular complexity index is 4080. The average Bonchev–Trinajstić information content (AvgIpc) is 3.31. The summed E-state index contributed by atoms with van der Waals surface area (Å²) < 4.78 is 149. The lowest BCUT2D eigenvalue weighted by Gasteiger charge is -2.13. The van der Waals surface area contributed by atoms with Crippen LogP contribution in [-0.4, -0.2) is 71.2 Å². The van der Waals surface area contributed by atoms with Gasteiger partial charge in [0, 0.05) is 45.1 Å². The minimum atomic E-state index is -5.05. The Morgan fingerprint density at radius 2 is 1.08 bits per heavy atom. The molecule has 0 spiro atoms. The minimum absolute atomic E-state index is 0.0117. The quantitative estimate of drug-likeness (QED) is 0.0435. The maximum atomic E-state index is 12.8. The fourth-order valence-corrected chi connectivity index (χ4v) is 9.81. The van der Waals surface area contributed by atoms with Gasteiger partial charge in [0.05, 0.1) is 41.1 Å². The molecule has 0 saturated carbocycles. The van der Waals surface area contributed by atoms with Crippen molar-refractivity contribution in [3.63, 3.8) is 0 Å². The Morgan fingerprint density at radius 3 is 1.75 bits per heavy atom. The van der Waals surface area contributed by atoms with Gasteiger partial charge in [-0.15, -0.1) is 20.5 Å². The number of hydrogen-bond acceptors (Lipinski definition) is 18. The summed E-state index contributed by atoms with van der Waals surface area (Å²) in [5.74, 6) is -0.603. The zero-order valence-electron chi connectivity index (χ0n) is 36.7. The molecule has 0 aliphatic rings. The van der Waals surface area contributed by atoms with Crippen LogP contribution in [-0.2, 0) is 40.5 Å². The minimum Gasteiger partial charge on any atom is -0.505 e. The van der Waals surface area contributed by atoms with E-state index in [1.165, 1.54) is 62.8 Å². The van der Waals surface area contributed by atoms with Crippen LogP contribution in [0.3, 0.4) is 0 Å². The molecule has 0 bridgehead atoms. The molecule has 0 heterocycles. The van der Waals surface area contributed by atoms with Gasteiger partial charge in [-0.1, -0.05) is 30.3 Å². The molecule has 0 aliphatic heterocycles. The van der Waals surface area contributed by atoms with E-state index >= 15 is 0 Å². The lowest BCUT2D eigenvalue weighted by molar-refractivity contribution is 0.415. The van der Waals surface area contributed by atoms with Crippen LogP contribution >= 0.6 is 0 Å². The number of benzene rings is 8. The number of aryl methyl sites for hydroxylation is 1. The number of phenolic OH excluding ortho intramolecular Hbond substituents is 1. The van der Waals surface area contributed by atoms with E-state index in [1.54, 1.807) is 19.1 Å². The van der Waals surface area contributed by atoms with Crippen LogP contribution in [0.25, 0.3) is 32.3 Å². The summed E-state index contributed by atoms with van der Waals surface area (Å²) >= 11 is 0. The molecule has 26 heteroatoms. The number of hydrogen-bond donors (Lipinski definition) is 6. The van der Waals surface area contributed by atoms with Crippen molar-refractivity contribution in [2.24, 2.45) is 30.7 Å². The maximum absolute atomic E-state index is 12.8. The molecule has 0 fully saturated rings. The molecule has 71 heavy (non-hydrogen) atoms. The molecule has 364 valence electrons. The van der Waals surface area contributed by atoms with Crippen molar-refractivity contribution in [1.82, 2.24) is 0 Å². The Morgan fingerprint density at radius 1 is 0.451 bits per heavy atom. The van der Waals surface area contributed by atoms with E-state index in [2.05, 4.69) is 36.0 Å². The van der Waals surface area contributed by atoms with Gasteiger partial charge in [0.15, 0.2) is 5.75 Å². The number of aromatic hydroxyl groups is 1. The number of nitrogens with one attached hydrogen (secondary N) is 1. The highest BCUT2D eigenvalue weighted by Gasteiger charge is 2.25. The van der Waals surface area contributed by atoms with Gasteiger partial charge in [-0.3, -0.25) is 18.2 Å². The molecule has 8 aromatic carbocycles. The largest absolute Gasteiger partial charge is 0.505 e. The highest BCUT2D eigenvalue weighted by atomic mass is 32.2. The number of azo groups is 3. The van der Waals surface area contributed by atoms with Crippen LogP contribution in [0.1, 0.15) is 5.56 Å². The molecule has 0 aromatic heterocycles. The summed E-state index contributed by atoms with van der Waals surface area (Å²) in [6.45, 7) is 1.64. The average molecular weight is 1040 g/mol. The first-order chi connectivity index (χ1) is 33.4. The summed E-state index contributed by atoms with van der Waals surface area (Å²) in [6.07, 6.45) is 0. The van der Waals surface area contributed by atoms with Gasteiger partial charge >= 0.3 is 0 Å². The van der Waals surface area contributed by atoms with E-state index in [0.717, 1.165) is 30.0 Å². The molecular formula is C45H35N7O15S4. The van der Waals surface area contributed by atoms with Gasteiger partial charge in [0.25, 0.3) is 40.5 Å². The number of para-hydroxylation sites is 1. The third-order valence-electron chi connectivity index (χ3n) is 10.7. The SMILES string of the molecule is COc1cc(N=Nc2ccc3cc(S(=O)(=O)O)cc(S(=O)(=O)O)c3c2)c(C)cc1N=Nc1cc(OC)c(N=Nc2c(S(=O)(=O)O)cc3cc(Nc4ccccc4)ccc3c2O)c2ccc(S(=O)(=O)O)cc12. The number of anilines is 2. The second kappa shape index (κ2) is 18.8. The summed E-state index contributed by atoms with van der Waals surface area (Å²) in [4.78, 5) is -2.90. The predicted octanol–water partition coefficient (Wildman–Crippen LogP) is 11.2. The first kappa shape index (κ1) is 49.6. The van der Waals surface area contributed by atoms with Crippen molar-refractivity contribution in [2.45, 2.75) is 26.5 Å². The molecule has 0 radical (unpaired) electrons. The maximum Gasteiger partial charge on any atom is 0.296 e. The van der Waals surface area contributed by atoms with E-state index in [9.17, 15) is 57.0 Å². The second-order valence-corrected chi connectivity index (χ2v) is 20.9. The molecular weight excluding hydrogens is 1010 g/mol. The fourth-order valence-electron chi connectivity index (χ4n) is 7.30. The summed E-state index contributed by atoms with van der Waals surface area (Å²) in [5, 5.41) is 40.4. The third-order valence-corrected chi connectivity index (χ3v) is 14.1. The van der Waals surface area contributed by atoms with Gasteiger partial charge in [-0.25, -0.2) is 0 Å². The van der Waals surface area contributed by atoms with Gasteiger partial charge in [-0.05, 0) is 102 Å². The Labute approximate surface area is 403 Å². The number of fused-ring (bicyclic) bond motifs is 3. The predicted molar refractivity (Wildman–Crippen MR) is 259 cm³/mol. The Hall–Kier alpha value is -7.82. The molecule has 8 aromatic rings. The topological polar surface area (TPSA) is 342 Å². The summed E-state index contributed by atoms with van der Waals surface area (Å²) in [5.41, 5.74) is 1.36. The molecule has 22 nitrogen and oxygen atoms in total. The van der Waals surface area contributed by atoms with Gasteiger partial charge < -0.3 is 19.9 Å². The van der Waals surface area contributed by atoms with E-state index < -0.39 is 71.5 Å². The monoisotopic (exact) mass is 1040 g/mol. The summed E-state index contributed by atoms with van der Waals surface area (Å²) in [7, 11) is -17.1. The molecule has 0 saturated heterocycles. The van der Waals surface area contributed by atoms with E-state index in [4.69, 9.17) is 9.47 Å². The zero-order chi connectivity index (χ0) is 51.2. The van der Waals surface area contributed by atoms with Crippen molar-refractivity contribution < 1.29 is 66.5 Å². The van der Waals surface area contributed by atoms with Gasteiger partial charge in [0.2, 0.25) is 0 Å². The molecule has 0 aliphatic carbocycles. The van der Waals surface area contributed by atoms with Crippen LogP contribution in [0.15, 0.2) is 172 Å². The lowest BCUT2D eigenvalue weighted by atomic mass is 10.1. The summed E-state index contributed by atoms with van der Waals surface area (Å²) in [6, 6.07) is 28.1. The van der Waals surface area contributed by atoms with Gasteiger partial charge in [0.1, 0.15) is 38.4 Å². The van der Waals surface area contributed by atoms with Crippen molar-refractivity contribution in [3.8, 4) is 17.2 Å².